The van der Waals surface area contributed by atoms with Crippen LogP contribution in [0.25, 0.3) is 0 Å². The molecule has 5 nitrogen and oxygen atoms in total. The van der Waals surface area contributed by atoms with Gasteiger partial charge >= 0.3 is 5.97 Å². The van der Waals surface area contributed by atoms with Gasteiger partial charge in [-0.3, -0.25) is 19.3 Å². The molecule has 100 valence electrons. The number of rotatable bonds is 3. The molecule has 19 heavy (non-hydrogen) atoms. The fourth-order valence-electron chi connectivity index (χ4n) is 2.01. The molecule has 1 amide bonds. The summed E-state index contributed by atoms with van der Waals surface area (Å²) in [4.78, 5) is 35.7. The zero-order valence-corrected chi connectivity index (χ0v) is 10.5. The molecule has 1 aromatic carbocycles. The lowest BCUT2D eigenvalue weighted by atomic mass is 10.1. The van der Waals surface area contributed by atoms with E-state index in [1.54, 1.807) is 13.8 Å². The average molecular weight is 265 g/mol. The number of aryl methyl sites for hydroxylation is 1. The fraction of sp³-hybridized carbons (Fsp3) is 0.308. The van der Waals surface area contributed by atoms with Gasteiger partial charge in [0.1, 0.15) is 12.4 Å². The summed E-state index contributed by atoms with van der Waals surface area (Å²) in [6.45, 7) is 2.92. The van der Waals surface area contributed by atoms with Gasteiger partial charge in [-0.2, -0.15) is 0 Å². The van der Waals surface area contributed by atoms with E-state index in [0.29, 0.717) is 5.56 Å². The molecular formula is C13H12FNO4. The number of fused-ring (bicyclic) bond motifs is 1. The van der Waals surface area contributed by atoms with Gasteiger partial charge in [0.15, 0.2) is 0 Å². The van der Waals surface area contributed by atoms with Gasteiger partial charge in [0.2, 0.25) is 0 Å². The summed E-state index contributed by atoms with van der Waals surface area (Å²) < 4.78 is 18.6. The van der Waals surface area contributed by atoms with Crippen molar-refractivity contribution in [3.8, 4) is 0 Å². The number of ether oxygens (including phenoxy) is 1. The van der Waals surface area contributed by atoms with E-state index in [1.807, 2.05) is 0 Å². The Kier molecular flexibility index (Phi) is 3.33. The molecule has 0 saturated carbocycles. The molecule has 0 atom stereocenters. The number of halogens is 1. The molecule has 2 rings (SSSR count). The largest absolute Gasteiger partial charge is 0.465 e. The smallest absolute Gasteiger partial charge is 0.326 e. The third kappa shape index (κ3) is 2.21. The number of ketones is 1. The molecule has 0 spiro atoms. The minimum atomic E-state index is -0.910. The predicted octanol–water partition coefficient (Wildman–Crippen LogP) is 1.23. The molecule has 0 unspecified atom stereocenters. The van der Waals surface area contributed by atoms with Crippen molar-refractivity contribution in [3.05, 3.63) is 29.1 Å². The molecule has 0 saturated heterocycles. The van der Waals surface area contributed by atoms with E-state index in [2.05, 4.69) is 0 Å². The van der Waals surface area contributed by atoms with Crippen LogP contribution in [0.1, 0.15) is 22.8 Å². The normalized spacial score (nSPS) is 13.7. The van der Waals surface area contributed by atoms with E-state index in [0.717, 1.165) is 4.90 Å². The first kappa shape index (κ1) is 13.2. The molecule has 0 radical (unpaired) electrons. The summed E-state index contributed by atoms with van der Waals surface area (Å²) in [5, 5.41) is 0. The minimum absolute atomic E-state index is 0.00759. The quantitative estimate of drug-likeness (QED) is 0.609. The lowest BCUT2D eigenvalue weighted by molar-refractivity contribution is -0.142. The van der Waals surface area contributed by atoms with E-state index < -0.39 is 30.0 Å². The molecular weight excluding hydrogens is 253 g/mol. The molecule has 0 N–H and O–H groups in total. The molecule has 1 aliphatic heterocycles. The van der Waals surface area contributed by atoms with Crippen LogP contribution in [0.5, 0.6) is 0 Å². The van der Waals surface area contributed by atoms with Crippen LogP contribution in [-0.2, 0) is 14.3 Å². The third-order valence-corrected chi connectivity index (χ3v) is 2.75. The van der Waals surface area contributed by atoms with E-state index in [4.69, 9.17) is 4.74 Å². The molecule has 6 heteroatoms. The summed E-state index contributed by atoms with van der Waals surface area (Å²) in [6.07, 6.45) is 0. The van der Waals surface area contributed by atoms with Crippen LogP contribution in [0.15, 0.2) is 12.1 Å². The van der Waals surface area contributed by atoms with Crippen LogP contribution in [0.3, 0.4) is 0 Å². The van der Waals surface area contributed by atoms with Crippen molar-refractivity contribution in [3.63, 3.8) is 0 Å². The molecule has 1 aliphatic rings. The third-order valence-electron chi connectivity index (χ3n) is 2.75. The zero-order valence-electron chi connectivity index (χ0n) is 10.5. The number of amides is 1. The highest BCUT2D eigenvalue weighted by molar-refractivity contribution is 6.52. The monoisotopic (exact) mass is 265 g/mol. The topological polar surface area (TPSA) is 63.7 Å². The Morgan fingerprint density at radius 2 is 2.05 bits per heavy atom. The standard InChI is InChI=1S/C13H12FNO4/c1-3-19-10(16)6-15-11-8(12(17)13(15)18)4-7(2)5-9(11)14/h4-5H,3,6H2,1-2H3. The second kappa shape index (κ2) is 4.79. The van der Waals surface area contributed by atoms with Gasteiger partial charge in [0, 0.05) is 0 Å². The van der Waals surface area contributed by atoms with Crippen molar-refractivity contribution in [2.75, 3.05) is 18.1 Å². The number of carbonyl (C=O) groups is 3. The summed E-state index contributed by atoms with van der Waals surface area (Å²) in [5.41, 5.74) is 0.385. The van der Waals surface area contributed by atoms with Crippen molar-refractivity contribution >= 4 is 23.3 Å². The zero-order chi connectivity index (χ0) is 14.2. The number of esters is 1. The van der Waals surface area contributed by atoms with Crippen LogP contribution >= 0.6 is 0 Å². The highest BCUT2D eigenvalue weighted by atomic mass is 19.1. The fourth-order valence-corrected chi connectivity index (χ4v) is 2.01. The number of benzene rings is 1. The van der Waals surface area contributed by atoms with Crippen LogP contribution in [0.2, 0.25) is 0 Å². The maximum absolute atomic E-state index is 13.9. The van der Waals surface area contributed by atoms with Crippen molar-refractivity contribution < 1.29 is 23.5 Å². The molecule has 0 bridgehead atoms. The summed E-state index contributed by atoms with van der Waals surface area (Å²) in [7, 11) is 0. The first-order valence-corrected chi connectivity index (χ1v) is 5.77. The minimum Gasteiger partial charge on any atom is -0.465 e. The second-order valence-corrected chi connectivity index (χ2v) is 4.17. The Hall–Kier alpha value is -2.24. The maximum atomic E-state index is 13.9. The van der Waals surface area contributed by atoms with Gasteiger partial charge in [0.25, 0.3) is 11.7 Å². The number of hydrogen-bond acceptors (Lipinski definition) is 4. The molecule has 0 aromatic heterocycles. The van der Waals surface area contributed by atoms with Gasteiger partial charge < -0.3 is 4.74 Å². The van der Waals surface area contributed by atoms with Crippen LogP contribution < -0.4 is 4.90 Å². The summed E-state index contributed by atoms with van der Waals surface area (Å²) in [5.74, 6) is -3.09. The van der Waals surface area contributed by atoms with Gasteiger partial charge in [-0.15, -0.1) is 0 Å². The van der Waals surface area contributed by atoms with Crippen molar-refractivity contribution in [1.29, 1.82) is 0 Å². The van der Waals surface area contributed by atoms with Gasteiger partial charge in [0.05, 0.1) is 17.9 Å². The summed E-state index contributed by atoms with van der Waals surface area (Å²) >= 11 is 0. The molecule has 0 fully saturated rings. The number of anilines is 1. The summed E-state index contributed by atoms with van der Waals surface area (Å²) in [6, 6.07) is 2.65. The predicted molar refractivity (Wildman–Crippen MR) is 64.5 cm³/mol. The Labute approximate surface area is 109 Å². The maximum Gasteiger partial charge on any atom is 0.326 e. The van der Waals surface area contributed by atoms with Crippen LogP contribution in [0, 0.1) is 12.7 Å². The highest BCUT2D eigenvalue weighted by Crippen LogP contribution is 2.32. The SMILES string of the molecule is CCOC(=O)CN1C(=O)C(=O)c2cc(C)cc(F)c21. The lowest BCUT2D eigenvalue weighted by Gasteiger charge is -2.15. The molecule has 0 aliphatic carbocycles. The lowest BCUT2D eigenvalue weighted by Crippen LogP contribution is -2.35. The second-order valence-electron chi connectivity index (χ2n) is 4.17. The van der Waals surface area contributed by atoms with Crippen molar-refractivity contribution in [2.24, 2.45) is 0 Å². The van der Waals surface area contributed by atoms with Crippen molar-refractivity contribution in [2.45, 2.75) is 13.8 Å². The number of nitrogens with zero attached hydrogens (tertiary/aromatic N) is 1. The van der Waals surface area contributed by atoms with E-state index in [9.17, 15) is 18.8 Å². The number of hydrogen-bond donors (Lipinski definition) is 0. The van der Waals surface area contributed by atoms with E-state index in [1.165, 1.54) is 12.1 Å². The number of carbonyl (C=O) groups excluding carboxylic acids is 3. The molecule has 1 heterocycles. The van der Waals surface area contributed by atoms with Crippen LogP contribution in [0.4, 0.5) is 10.1 Å². The first-order valence-electron chi connectivity index (χ1n) is 5.77. The van der Waals surface area contributed by atoms with E-state index in [-0.39, 0.29) is 17.9 Å². The average Bonchev–Trinajstić information content (AvgIpc) is 2.55. The Bertz CT molecular complexity index is 582. The highest BCUT2D eigenvalue weighted by Gasteiger charge is 2.39. The Morgan fingerprint density at radius 1 is 1.37 bits per heavy atom. The van der Waals surface area contributed by atoms with Gasteiger partial charge in [-0.25, -0.2) is 4.39 Å². The van der Waals surface area contributed by atoms with Gasteiger partial charge in [-0.05, 0) is 31.5 Å². The van der Waals surface area contributed by atoms with Crippen LogP contribution in [-0.4, -0.2) is 30.8 Å². The number of Topliss-reactive ketones (excluding diaryl/α,β-unsaturated/α-hetero) is 1. The van der Waals surface area contributed by atoms with Gasteiger partial charge in [-0.1, -0.05) is 0 Å². The van der Waals surface area contributed by atoms with Crippen molar-refractivity contribution in [1.82, 2.24) is 0 Å². The Morgan fingerprint density at radius 3 is 2.68 bits per heavy atom. The molecule has 1 aromatic rings. The first-order chi connectivity index (χ1) is 8.95. The Balaban J connectivity index is 2.41. The van der Waals surface area contributed by atoms with E-state index >= 15 is 0 Å².